The lowest BCUT2D eigenvalue weighted by Gasteiger charge is -2.25. The smallest absolute Gasteiger partial charge is 0.0830 e. The van der Waals surface area contributed by atoms with Crippen LogP contribution in [0.5, 0.6) is 0 Å². The van der Waals surface area contributed by atoms with Crippen LogP contribution in [0.2, 0.25) is 0 Å². The van der Waals surface area contributed by atoms with Crippen molar-refractivity contribution in [2.24, 2.45) is 0 Å². The van der Waals surface area contributed by atoms with Crippen LogP contribution in [0, 0.1) is 0 Å². The lowest BCUT2D eigenvalue weighted by Crippen LogP contribution is -2.31. The van der Waals surface area contributed by atoms with Gasteiger partial charge in [0.05, 0.1) is 19.3 Å². The zero-order valence-electron chi connectivity index (χ0n) is 9.76. The summed E-state index contributed by atoms with van der Waals surface area (Å²) in [4.78, 5) is 0. The SMILES string of the molecule is c1ccc2cc(COCC3CCO3)ccc2c1. The Kier molecular flexibility index (Phi) is 3.08. The van der Waals surface area contributed by atoms with Crippen molar-refractivity contribution in [3.8, 4) is 0 Å². The maximum absolute atomic E-state index is 5.65. The molecule has 0 spiro atoms. The Morgan fingerprint density at radius 2 is 1.94 bits per heavy atom. The highest BCUT2D eigenvalue weighted by Gasteiger charge is 2.17. The van der Waals surface area contributed by atoms with Crippen molar-refractivity contribution in [2.45, 2.75) is 19.1 Å². The molecular weight excluding hydrogens is 212 g/mol. The molecule has 1 aliphatic rings. The van der Waals surface area contributed by atoms with Gasteiger partial charge in [-0.05, 0) is 28.8 Å². The van der Waals surface area contributed by atoms with Crippen molar-refractivity contribution in [2.75, 3.05) is 13.2 Å². The minimum atomic E-state index is 0.329. The van der Waals surface area contributed by atoms with Crippen molar-refractivity contribution in [1.29, 1.82) is 0 Å². The number of hydrogen-bond acceptors (Lipinski definition) is 2. The highest BCUT2D eigenvalue weighted by atomic mass is 16.5. The molecule has 1 heterocycles. The van der Waals surface area contributed by atoms with E-state index in [4.69, 9.17) is 9.47 Å². The number of benzene rings is 2. The number of rotatable bonds is 4. The summed E-state index contributed by atoms with van der Waals surface area (Å²) in [6.07, 6.45) is 1.47. The molecule has 0 radical (unpaired) electrons. The Morgan fingerprint density at radius 1 is 1.12 bits per heavy atom. The van der Waals surface area contributed by atoms with Crippen LogP contribution in [0.25, 0.3) is 10.8 Å². The predicted molar refractivity (Wildman–Crippen MR) is 68.0 cm³/mol. The predicted octanol–water partition coefficient (Wildman–Crippen LogP) is 3.15. The lowest BCUT2D eigenvalue weighted by molar-refractivity contribution is -0.0967. The van der Waals surface area contributed by atoms with Crippen molar-refractivity contribution in [3.63, 3.8) is 0 Å². The second-order valence-electron chi connectivity index (χ2n) is 4.48. The maximum atomic E-state index is 5.65. The van der Waals surface area contributed by atoms with E-state index >= 15 is 0 Å². The first-order valence-electron chi connectivity index (χ1n) is 6.09. The third-order valence-electron chi connectivity index (χ3n) is 3.18. The molecule has 1 aliphatic heterocycles. The Hall–Kier alpha value is -1.38. The fraction of sp³-hybridized carbons (Fsp3) is 0.333. The van der Waals surface area contributed by atoms with Gasteiger partial charge in [0.1, 0.15) is 0 Å². The lowest BCUT2D eigenvalue weighted by atomic mass is 10.1. The zero-order chi connectivity index (χ0) is 11.5. The molecule has 3 rings (SSSR count). The topological polar surface area (TPSA) is 18.5 Å². The molecule has 1 unspecified atom stereocenters. The molecule has 1 fully saturated rings. The standard InChI is InChI=1S/C15H16O2/c1-2-4-14-9-12(5-6-13(14)3-1)10-16-11-15-7-8-17-15/h1-6,9,15H,7-8,10-11H2. The Bertz CT molecular complexity index is 503. The van der Waals surface area contributed by atoms with Gasteiger partial charge >= 0.3 is 0 Å². The van der Waals surface area contributed by atoms with E-state index in [-0.39, 0.29) is 0 Å². The molecule has 1 saturated heterocycles. The van der Waals surface area contributed by atoms with Gasteiger partial charge in [0.15, 0.2) is 0 Å². The highest BCUT2D eigenvalue weighted by molar-refractivity contribution is 5.82. The third-order valence-corrected chi connectivity index (χ3v) is 3.18. The van der Waals surface area contributed by atoms with E-state index in [1.165, 1.54) is 16.3 Å². The number of ether oxygens (including phenoxy) is 2. The molecule has 88 valence electrons. The molecule has 0 N–H and O–H groups in total. The number of hydrogen-bond donors (Lipinski definition) is 0. The highest BCUT2D eigenvalue weighted by Crippen LogP contribution is 2.17. The van der Waals surface area contributed by atoms with E-state index in [1.807, 2.05) is 0 Å². The van der Waals surface area contributed by atoms with E-state index in [9.17, 15) is 0 Å². The summed E-state index contributed by atoms with van der Waals surface area (Å²) in [5.74, 6) is 0. The molecule has 17 heavy (non-hydrogen) atoms. The van der Waals surface area contributed by atoms with Gasteiger partial charge in [0.2, 0.25) is 0 Å². The quantitative estimate of drug-likeness (QED) is 0.800. The summed E-state index contributed by atoms with van der Waals surface area (Å²) >= 11 is 0. The average Bonchev–Trinajstić information content (AvgIpc) is 2.32. The van der Waals surface area contributed by atoms with Gasteiger partial charge in [-0.3, -0.25) is 0 Å². The van der Waals surface area contributed by atoms with Gasteiger partial charge in [-0.15, -0.1) is 0 Å². The minimum Gasteiger partial charge on any atom is -0.376 e. The molecule has 0 amide bonds. The first-order valence-corrected chi connectivity index (χ1v) is 6.09. The second-order valence-corrected chi connectivity index (χ2v) is 4.48. The summed E-state index contributed by atoms with van der Waals surface area (Å²) in [7, 11) is 0. The van der Waals surface area contributed by atoms with Crippen molar-refractivity contribution < 1.29 is 9.47 Å². The van der Waals surface area contributed by atoms with Gasteiger partial charge in [-0.2, -0.15) is 0 Å². The molecule has 0 saturated carbocycles. The van der Waals surface area contributed by atoms with Crippen LogP contribution in [0.1, 0.15) is 12.0 Å². The van der Waals surface area contributed by atoms with Crippen LogP contribution in [-0.4, -0.2) is 19.3 Å². The molecule has 2 aromatic rings. The fourth-order valence-corrected chi connectivity index (χ4v) is 2.05. The van der Waals surface area contributed by atoms with Gasteiger partial charge in [0, 0.05) is 6.61 Å². The summed E-state index contributed by atoms with van der Waals surface area (Å²) in [6.45, 7) is 2.28. The van der Waals surface area contributed by atoms with Gasteiger partial charge in [-0.25, -0.2) is 0 Å². The monoisotopic (exact) mass is 228 g/mol. The molecule has 0 aliphatic carbocycles. The normalized spacial score (nSPS) is 19.2. The van der Waals surface area contributed by atoms with E-state index < -0.39 is 0 Å². The summed E-state index contributed by atoms with van der Waals surface area (Å²) in [5, 5.41) is 2.55. The number of fused-ring (bicyclic) bond motifs is 1. The maximum Gasteiger partial charge on any atom is 0.0830 e. The van der Waals surface area contributed by atoms with Crippen LogP contribution in [0.3, 0.4) is 0 Å². The van der Waals surface area contributed by atoms with Crippen LogP contribution >= 0.6 is 0 Å². The first kappa shape index (κ1) is 10.8. The largest absolute Gasteiger partial charge is 0.376 e. The average molecular weight is 228 g/mol. The molecule has 0 bridgehead atoms. The zero-order valence-corrected chi connectivity index (χ0v) is 9.76. The fourth-order valence-electron chi connectivity index (χ4n) is 2.05. The summed E-state index contributed by atoms with van der Waals surface area (Å²) in [6, 6.07) is 14.9. The Balaban J connectivity index is 1.63. The van der Waals surface area contributed by atoms with Crippen LogP contribution < -0.4 is 0 Å². The second kappa shape index (κ2) is 4.86. The van der Waals surface area contributed by atoms with Gasteiger partial charge in [-0.1, -0.05) is 36.4 Å². The Morgan fingerprint density at radius 3 is 2.71 bits per heavy atom. The van der Waals surface area contributed by atoms with Crippen molar-refractivity contribution in [1.82, 2.24) is 0 Å². The van der Waals surface area contributed by atoms with Crippen molar-refractivity contribution >= 4 is 10.8 Å². The van der Waals surface area contributed by atoms with E-state index in [0.717, 1.165) is 13.0 Å². The van der Waals surface area contributed by atoms with E-state index in [1.54, 1.807) is 0 Å². The molecule has 2 aromatic carbocycles. The summed E-state index contributed by atoms with van der Waals surface area (Å²) < 4.78 is 11.0. The molecule has 2 heteroatoms. The van der Waals surface area contributed by atoms with Crippen molar-refractivity contribution in [3.05, 3.63) is 48.0 Å². The first-order chi connectivity index (χ1) is 8.42. The molecular formula is C15H16O2. The third kappa shape index (κ3) is 2.48. The Labute approximate surface area is 101 Å². The van der Waals surface area contributed by atoms with Crippen LogP contribution in [0.4, 0.5) is 0 Å². The van der Waals surface area contributed by atoms with Gasteiger partial charge < -0.3 is 9.47 Å². The molecule has 2 nitrogen and oxygen atoms in total. The van der Waals surface area contributed by atoms with E-state index in [2.05, 4.69) is 42.5 Å². The van der Waals surface area contributed by atoms with Crippen LogP contribution in [-0.2, 0) is 16.1 Å². The van der Waals surface area contributed by atoms with Gasteiger partial charge in [0.25, 0.3) is 0 Å². The molecule has 1 atom stereocenters. The molecule has 0 aromatic heterocycles. The minimum absolute atomic E-state index is 0.329. The van der Waals surface area contributed by atoms with Crippen LogP contribution in [0.15, 0.2) is 42.5 Å². The summed E-state index contributed by atoms with van der Waals surface area (Å²) in [5.41, 5.74) is 1.23. The van der Waals surface area contributed by atoms with E-state index in [0.29, 0.717) is 19.3 Å².